The van der Waals surface area contributed by atoms with Crippen LogP contribution >= 0.6 is 11.6 Å². The summed E-state index contributed by atoms with van der Waals surface area (Å²) in [5.41, 5.74) is 1.14. The maximum Gasteiger partial charge on any atom is 0.156 e. The standard InChI is InChI=1S/C16H10ClNO2/c17-13-7-1-5-12(10-19)16(13)20-14-8-2-4-11-6-3-9-18-15(11)14/h1-10H. The Kier molecular flexibility index (Phi) is 3.35. The number of pyridine rings is 1. The van der Waals surface area contributed by atoms with Crippen LogP contribution in [0, 0.1) is 0 Å². The fourth-order valence-corrected chi connectivity index (χ4v) is 2.21. The number of hydrogen-bond donors (Lipinski definition) is 0. The highest BCUT2D eigenvalue weighted by Crippen LogP contribution is 2.34. The van der Waals surface area contributed by atoms with Crippen molar-refractivity contribution in [2.45, 2.75) is 0 Å². The molecule has 0 fully saturated rings. The molecule has 3 rings (SSSR count). The largest absolute Gasteiger partial charge is 0.453 e. The van der Waals surface area contributed by atoms with Gasteiger partial charge in [-0.15, -0.1) is 0 Å². The van der Waals surface area contributed by atoms with E-state index >= 15 is 0 Å². The summed E-state index contributed by atoms with van der Waals surface area (Å²) in [6.45, 7) is 0. The minimum Gasteiger partial charge on any atom is -0.453 e. The molecular formula is C16H10ClNO2. The lowest BCUT2D eigenvalue weighted by Gasteiger charge is -2.11. The quantitative estimate of drug-likeness (QED) is 0.665. The molecular weight excluding hydrogens is 274 g/mol. The number of carbonyl (C=O) groups is 1. The number of aromatic nitrogens is 1. The molecule has 3 nitrogen and oxygen atoms in total. The van der Waals surface area contributed by atoms with Crippen molar-refractivity contribution in [3.8, 4) is 11.5 Å². The van der Waals surface area contributed by atoms with E-state index in [4.69, 9.17) is 16.3 Å². The number of carbonyl (C=O) groups excluding carboxylic acids is 1. The van der Waals surface area contributed by atoms with Crippen LogP contribution < -0.4 is 4.74 Å². The molecule has 4 heteroatoms. The van der Waals surface area contributed by atoms with E-state index in [1.54, 1.807) is 30.5 Å². The van der Waals surface area contributed by atoms with E-state index < -0.39 is 0 Å². The molecule has 0 spiro atoms. The number of benzene rings is 2. The Labute approximate surface area is 120 Å². The zero-order valence-electron chi connectivity index (χ0n) is 10.4. The predicted octanol–water partition coefficient (Wildman–Crippen LogP) is 4.49. The van der Waals surface area contributed by atoms with E-state index in [-0.39, 0.29) is 0 Å². The first-order valence-electron chi connectivity index (χ1n) is 6.05. The molecule has 0 unspecified atom stereocenters. The van der Waals surface area contributed by atoms with Gasteiger partial charge in [0, 0.05) is 11.6 Å². The molecule has 0 N–H and O–H groups in total. The van der Waals surface area contributed by atoms with E-state index in [2.05, 4.69) is 4.98 Å². The molecule has 0 amide bonds. The molecule has 3 aromatic rings. The number of ether oxygens (including phenoxy) is 1. The van der Waals surface area contributed by atoms with Gasteiger partial charge in [-0.1, -0.05) is 35.9 Å². The van der Waals surface area contributed by atoms with Gasteiger partial charge in [-0.3, -0.25) is 9.78 Å². The Morgan fingerprint density at radius 3 is 2.70 bits per heavy atom. The van der Waals surface area contributed by atoms with Gasteiger partial charge < -0.3 is 4.74 Å². The summed E-state index contributed by atoms with van der Waals surface area (Å²) in [4.78, 5) is 15.4. The highest BCUT2D eigenvalue weighted by Gasteiger charge is 2.11. The van der Waals surface area contributed by atoms with Crippen LogP contribution in [0.25, 0.3) is 10.9 Å². The summed E-state index contributed by atoms with van der Waals surface area (Å²) in [5.74, 6) is 0.918. The number of aldehydes is 1. The minimum atomic E-state index is 0.349. The van der Waals surface area contributed by atoms with Crippen LogP contribution in [0.1, 0.15) is 10.4 Å². The number of fused-ring (bicyclic) bond motifs is 1. The zero-order valence-corrected chi connectivity index (χ0v) is 11.2. The molecule has 0 bridgehead atoms. The van der Waals surface area contributed by atoms with Gasteiger partial charge in [0.15, 0.2) is 17.8 Å². The fraction of sp³-hybridized carbons (Fsp3) is 0. The third kappa shape index (κ3) is 2.24. The van der Waals surface area contributed by atoms with E-state index in [0.29, 0.717) is 22.1 Å². The van der Waals surface area contributed by atoms with E-state index in [1.165, 1.54) is 0 Å². The molecule has 0 atom stereocenters. The van der Waals surface area contributed by atoms with Crippen molar-refractivity contribution in [2.24, 2.45) is 0 Å². The Hall–Kier alpha value is -2.39. The average Bonchev–Trinajstić information content (AvgIpc) is 2.49. The van der Waals surface area contributed by atoms with E-state index in [9.17, 15) is 4.79 Å². The van der Waals surface area contributed by atoms with Crippen LogP contribution in [0.4, 0.5) is 0 Å². The molecule has 0 aliphatic heterocycles. The van der Waals surface area contributed by atoms with E-state index in [0.717, 1.165) is 17.2 Å². The van der Waals surface area contributed by atoms with Crippen molar-refractivity contribution in [3.63, 3.8) is 0 Å². The lowest BCUT2D eigenvalue weighted by Crippen LogP contribution is -1.93. The molecule has 0 radical (unpaired) electrons. The molecule has 0 aliphatic rings. The Morgan fingerprint density at radius 2 is 1.85 bits per heavy atom. The minimum absolute atomic E-state index is 0.349. The maximum absolute atomic E-state index is 11.1. The number of para-hydroxylation sites is 2. The van der Waals surface area contributed by atoms with Crippen molar-refractivity contribution in [3.05, 3.63) is 65.3 Å². The van der Waals surface area contributed by atoms with Gasteiger partial charge in [0.05, 0.1) is 10.6 Å². The second kappa shape index (κ2) is 5.31. The normalized spacial score (nSPS) is 10.4. The number of nitrogens with zero attached hydrogens (tertiary/aromatic N) is 1. The monoisotopic (exact) mass is 283 g/mol. The van der Waals surface area contributed by atoms with Gasteiger partial charge in [-0.25, -0.2) is 0 Å². The van der Waals surface area contributed by atoms with Crippen LogP contribution in [0.15, 0.2) is 54.7 Å². The molecule has 2 aromatic carbocycles. The molecule has 98 valence electrons. The predicted molar refractivity (Wildman–Crippen MR) is 78.7 cm³/mol. The molecule has 0 saturated heterocycles. The van der Waals surface area contributed by atoms with Gasteiger partial charge in [0.2, 0.25) is 0 Å². The SMILES string of the molecule is O=Cc1cccc(Cl)c1Oc1cccc2cccnc12. The first kappa shape index (κ1) is 12.6. The second-order valence-corrected chi connectivity index (χ2v) is 4.62. The smallest absolute Gasteiger partial charge is 0.156 e. The van der Waals surface area contributed by atoms with Gasteiger partial charge in [-0.05, 0) is 24.3 Å². The number of hydrogen-bond acceptors (Lipinski definition) is 3. The zero-order chi connectivity index (χ0) is 13.9. The summed E-state index contributed by atoms with van der Waals surface area (Å²) < 4.78 is 5.82. The van der Waals surface area contributed by atoms with Crippen LogP contribution in [0.5, 0.6) is 11.5 Å². The Bertz CT molecular complexity index is 781. The van der Waals surface area contributed by atoms with E-state index in [1.807, 2.05) is 24.3 Å². The van der Waals surface area contributed by atoms with Gasteiger partial charge >= 0.3 is 0 Å². The Morgan fingerprint density at radius 1 is 1.05 bits per heavy atom. The first-order chi connectivity index (χ1) is 9.79. The molecule has 1 heterocycles. The van der Waals surface area contributed by atoms with Crippen molar-refractivity contribution >= 4 is 28.8 Å². The highest BCUT2D eigenvalue weighted by atomic mass is 35.5. The summed E-state index contributed by atoms with van der Waals surface area (Å²) in [6, 6.07) is 14.5. The number of rotatable bonds is 3. The maximum atomic E-state index is 11.1. The van der Waals surface area contributed by atoms with Crippen LogP contribution in [-0.4, -0.2) is 11.3 Å². The summed E-state index contributed by atoms with van der Waals surface area (Å²) in [7, 11) is 0. The number of halogens is 1. The van der Waals surface area contributed by atoms with Gasteiger partial charge in [0.25, 0.3) is 0 Å². The molecule has 20 heavy (non-hydrogen) atoms. The van der Waals surface area contributed by atoms with Crippen LogP contribution in [0.2, 0.25) is 5.02 Å². The van der Waals surface area contributed by atoms with Crippen molar-refractivity contribution in [2.75, 3.05) is 0 Å². The Balaban J connectivity index is 2.13. The van der Waals surface area contributed by atoms with Gasteiger partial charge in [0.1, 0.15) is 5.52 Å². The topological polar surface area (TPSA) is 39.2 Å². The lowest BCUT2D eigenvalue weighted by molar-refractivity contribution is 0.112. The average molecular weight is 284 g/mol. The fourth-order valence-electron chi connectivity index (χ4n) is 1.99. The van der Waals surface area contributed by atoms with Crippen molar-refractivity contribution in [1.82, 2.24) is 4.98 Å². The first-order valence-corrected chi connectivity index (χ1v) is 6.42. The van der Waals surface area contributed by atoms with Crippen LogP contribution in [-0.2, 0) is 0 Å². The third-order valence-electron chi connectivity index (χ3n) is 2.93. The molecule has 1 aromatic heterocycles. The summed E-state index contributed by atoms with van der Waals surface area (Å²) >= 11 is 6.10. The molecule has 0 aliphatic carbocycles. The third-order valence-corrected chi connectivity index (χ3v) is 3.23. The second-order valence-electron chi connectivity index (χ2n) is 4.21. The van der Waals surface area contributed by atoms with Crippen molar-refractivity contribution < 1.29 is 9.53 Å². The lowest BCUT2D eigenvalue weighted by atomic mass is 10.2. The summed E-state index contributed by atoms with van der Waals surface area (Å²) in [6.07, 6.45) is 2.42. The summed E-state index contributed by atoms with van der Waals surface area (Å²) in [5, 5.41) is 1.35. The van der Waals surface area contributed by atoms with Crippen LogP contribution in [0.3, 0.4) is 0 Å². The molecule has 0 saturated carbocycles. The highest BCUT2D eigenvalue weighted by molar-refractivity contribution is 6.32. The van der Waals surface area contributed by atoms with Crippen molar-refractivity contribution in [1.29, 1.82) is 0 Å². The van der Waals surface area contributed by atoms with Gasteiger partial charge in [-0.2, -0.15) is 0 Å².